The van der Waals surface area contributed by atoms with Crippen molar-refractivity contribution in [3.05, 3.63) is 34.9 Å². The second-order valence-electron chi connectivity index (χ2n) is 6.09. The smallest absolute Gasteiger partial charge is 0.248 e. The highest BCUT2D eigenvalue weighted by Gasteiger charge is 2.37. The van der Waals surface area contributed by atoms with Crippen molar-refractivity contribution >= 4 is 0 Å². The Labute approximate surface area is 119 Å². The molecule has 2 nitrogen and oxygen atoms in total. The van der Waals surface area contributed by atoms with Crippen LogP contribution in [-0.4, -0.2) is 12.0 Å². The molecule has 1 aliphatic carbocycles. The molecule has 0 radical (unpaired) electrons. The molecule has 0 aliphatic heterocycles. The molecular formula is C16H24F2N2. The lowest BCUT2D eigenvalue weighted by atomic mass is 9.80. The Morgan fingerprint density at radius 1 is 1.25 bits per heavy atom. The van der Waals surface area contributed by atoms with Crippen LogP contribution in [0, 0.1) is 19.8 Å². The fraction of sp³-hybridized carbons (Fsp3) is 0.625. The van der Waals surface area contributed by atoms with Crippen molar-refractivity contribution in [2.24, 2.45) is 11.8 Å². The van der Waals surface area contributed by atoms with Crippen LogP contribution in [0.5, 0.6) is 0 Å². The molecule has 0 spiro atoms. The largest absolute Gasteiger partial charge is 0.271 e. The standard InChI is InChI=1S/C16H24F2N2/c1-11-3-4-13(9-12(11)2)10-15(20-19)14-5-7-16(17,18)8-6-14/h3-4,9,14-15,20H,5-8,10,19H2,1-2H3. The van der Waals surface area contributed by atoms with E-state index in [1.807, 2.05) is 0 Å². The minimum Gasteiger partial charge on any atom is -0.271 e. The van der Waals surface area contributed by atoms with Crippen LogP contribution in [0.4, 0.5) is 8.78 Å². The van der Waals surface area contributed by atoms with E-state index in [9.17, 15) is 8.78 Å². The summed E-state index contributed by atoms with van der Waals surface area (Å²) in [5.74, 6) is 3.41. The van der Waals surface area contributed by atoms with E-state index >= 15 is 0 Å². The summed E-state index contributed by atoms with van der Waals surface area (Å²) in [7, 11) is 0. The third-order valence-corrected chi connectivity index (χ3v) is 4.57. The molecule has 1 saturated carbocycles. The van der Waals surface area contributed by atoms with Crippen molar-refractivity contribution in [1.29, 1.82) is 0 Å². The summed E-state index contributed by atoms with van der Waals surface area (Å²) in [5, 5.41) is 0. The normalized spacial score (nSPS) is 20.9. The zero-order chi connectivity index (χ0) is 14.8. The van der Waals surface area contributed by atoms with Gasteiger partial charge in [0.15, 0.2) is 0 Å². The van der Waals surface area contributed by atoms with E-state index in [0.29, 0.717) is 12.8 Å². The Morgan fingerprint density at radius 2 is 1.90 bits per heavy atom. The van der Waals surface area contributed by atoms with Crippen molar-refractivity contribution in [2.75, 3.05) is 0 Å². The molecule has 0 aromatic heterocycles. The van der Waals surface area contributed by atoms with Crippen LogP contribution in [-0.2, 0) is 6.42 Å². The predicted molar refractivity (Wildman–Crippen MR) is 77.6 cm³/mol. The number of hydrogen-bond acceptors (Lipinski definition) is 2. The Balaban J connectivity index is 2.00. The van der Waals surface area contributed by atoms with Gasteiger partial charge in [-0.1, -0.05) is 18.2 Å². The molecule has 1 aromatic rings. The lowest BCUT2D eigenvalue weighted by molar-refractivity contribution is -0.0495. The highest BCUT2D eigenvalue weighted by molar-refractivity contribution is 5.30. The minimum atomic E-state index is -2.48. The first-order valence-corrected chi connectivity index (χ1v) is 7.31. The summed E-state index contributed by atoms with van der Waals surface area (Å²) in [6.45, 7) is 4.17. The van der Waals surface area contributed by atoms with Crippen LogP contribution < -0.4 is 11.3 Å². The molecule has 1 unspecified atom stereocenters. The maximum atomic E-state index is 13.2. The molecule has 2 rings (SSSR count). The maximum Gasteiger partial charge on any atom is 0.248 e. The lowest BCUT2D eigenvalue weighted by Gasteiger charge is -2.33. The zero-order valence-electron chi connectivity index (χ0n) is 12.3. The zero-order valence-corrected chi connectivity index (χ0v) is 12.3. The van der Waals surface area contributed by atoms with Gasteiger partial charge in [0.1, 0.15) is 0 Å². The first kappa shape index (κ1) is 15.4. The summed E-state index contributed by atoms with van der Waals surface area (Å²) in [5.41, 5.74) is 6.58. The molecule has 112 valence electrons. The predicted octanol–water partition coefficient (Wildman–Crippen LogP) is 3.50. The number of benzene rings is 1. The monoisotopic (exact) mass is 282 g/mol. The molecule has 0 saturated heterocycles. The van der Waals surface area contributed by atoms with Crippen molar-refractivity contribution in [2.45, 2.75) is 57.9 Å². The van der Waals surface area contributed by atoms with E-state index in [4.69, 9.17) is 5.84 Å². The van der Waals surface area contributed by atoms with Gasteiger partial charge < -0.3 is 0 Å². The van der Waals surface area contributed by atoms with Gasteiger partial charge in [0, 0.05) is 18.9 Å². The summed E-state index contributed by atoms with van der Waals surface area (Å²) in [4.78, 5) is 0. The Hall–Kier alpha value is -1.00. The third-order valence-electron chi connectivity index (χ3n) is 4.57. The highest BCUT2D eigenvalue weighted by atomic mass is 19.3. The summed E-state index contributed by atoms with van der Waals surface area (Å²) >= 11 is 0. The van der Waals surface area contributed by atoms with Crippen LogP contribution in [0.2, 0.25) is 0 Å². The number of rotatable bonds is 4. The highest BCUT2D eigenvalue weighted by Crippen LogP contribution is 2.37. The fourth-order valence-corrected chi connectivity index (χ4v) is 3.01. The van der Waals surface area contributed by atoms with Crippen LogP contribution in [0.15, 0.2) is 18.2 Å². The van der Waals surface area contributed by atoms with Crippen LogP contribution in [0.3, 0.4) is 0 Å². The molecule has 3 N–H and O–H groups in total. The van der Waals surface area contributed by atoms with Gasteiger partial charge in [0.25, 0.3) is 0 Å². The average Bonchev–Trinajstić information content (AvgIpc) is 2.40. The summed E-state index contributed by atoms with van der Waals surface area (Å²) in [6, 6.07) is 6.45. The first-order valence-electron chi connectivity index (χ1n) is 7.31. The molecule has 1 aliphatic rings. The number of hydrazine groups is 1. The number of halogens is 2. The van der Waals surface area contributed by atoms with Gasteiger partial charge in [0.2, 0.25) is 5.92 Å². The van der Waals surface area contributed by atoms with E-state index in [2.05, 4.69) is 37.5 Å². The van der Waals surface area contributed by atoms with Crippen LogP contribution in [0.1, 0.15) is 42.4 Å². The number of alkyl halides is 2. The summed E-state index contributed by atoms with van der Waals surface area (Å²) in [6.07, 6.45) is 1.87. The van der Waals surface area contributed by atoms with Gasteiger partial charge in [-0.3, -0.25) is 11.3 Å². The number of nitrogens with two attached hydrogens (primary N) is 1. The van der Waals surface area contributed by atoms with Crippen molar-refractivity contribution in [3.63, 3.8) is 0 Å². The number of hydrogen-bond donors (Lipinski definition) is 2. The fourth-order valence-electron chi connectivity index (χ4n) is 3.01. The van der Waals surface area contributed by atoms with Gasteiger partial charge in [-0.05, 0) is 55.7 Å². The molecule has 0 heterocycles. The van der Waals surface area contributed by atoms with Gasteiger partial charge in [-0.2, -0.15) is 0 Å². The van der Waals surface area contributed by atoms with Gasteiger partial charge >= 0.3 is 0 Å². The minimum absolute atomic E-state index is 0.0111. The second-order valence-corrected chi connectivity index (χ2v) is 6.09. The van der Waals surface area contributed by atoms with E-state index in [1.54, 1.807) is 0 Å². The molecule has 0 amide bonds. The van der Waals surface area contributed by atoms with Crippen molar-refractivity contribution in [3.8, 4) is 0 Å². The number of nitrogens with one attached hydrogen (secondary N) is 1. The Morgan fingerprint density at radius 3 is 2.45 bits per heavy atom. The topological polar surface area (TPSA) is 38.0 Å². The van der Waals surface area contributed by atoms with Crippen molar-refractivity contribution in [1.82, 2.24) is 5.43 Å². The molecule has 4 heteroatoms. The van der Waals surface area contributed by atoms with Crippen LogP contribution in [0.25, 0.3) is 0 Å². The third kappa shape index (κ3) is 3.76. The van der Waals surface area contributed by atoms with Crippen molar-refractivity contribution < 1.29 is 8.78 Å². The van der Waals surface area contributed by atoms with Gasteiger partial charge in [-0.25, -0.2) is 8.78 Å². The molecule has 20 heavy (non-hydrogen) atoms. The number of aryl methyl sites for hydroxylation is 2. The molecule has 1 atom stereocenters. The lowest BCUT2D eigenvalue weighted by Crippen LogP contribution is -2.44. The SMILES string of the molecule is Cc1ccc(CC(NN)C2CCC(F)(F)CC2)cc1C. The van der Waals surface area contributed by atoms with E-state index in [0.717, 1.165) is 6.42 Å². The molecular weight excluding hydrogens is 258 g/mol. The van der Waals surface area contributed by atoms with Gasteiger partial charge in [-0.15, -0.1) is 0 Å². The maximum absolute atomic E-state index is 13.2. The quantitative estimate of drug-likeness (QED) is 0.655. The summed E-state index contributed by atoms with van der Waals surface area (Å²) < 4.78 is 26.4. The Kier molecular flexibility index (Phi) is 4.76. The average molecular weight is 282 g/mol. The molecule has 0 bridgehead atoms. The molecule has 1 fully saturated rings. The van der Waals surface area contributed by atoms with Crippen LogP contribution >= 0.6 is 0 Å². The van der Waals surface area contributed by atoms with E-state index < -0.39 is 5.92 Å². The first-order chi connectivity index (χ1) is 9.41. The van der Waals surface area contributed by atoms with E-state index in [1.165, 1.54) is 16.7 Å². The molecule has 1 aromatic carbocycles. The van der Waals surface area contributed by atoms with Gasteiger partial charge in [0.05, 0.1) is 0 Å². The van der Waals surface area contributed by atoms with E-state index in [-0.39, 0.29) is 24.8 Å². The second kappa shape index (κ2) is 6.19. The Bertz CT molecular complexity index is 450.